The number of nitrogens with zero attached hydrogens (tertiary/aromatic N) is 3. The van der Waals surface area contributed by atoms with Gasteiger partial charge in [-0.25, -0.2) is 14.4 Å². The van der Waals surface area contributed by atoms with Gasteiger partial charge >= 0.3 is 0 Å². The predicted octanol–water partition coefficient (Wildman–Crippen LogP) is 5.27. The van der Waals surface area contributed by atoms with Crippen LogP contribution in [0.2, 0.25) is 0 Å². The average Bonchev–Trinajstić information content (AvgIpc) is 3.24. The second-order valence-electron chi connectivity index (χ2n) is 7.02. The molecule has 6 nitrogen and oxygen atoms in total. The summed E-state index contributed by atoms with van der Waals surface area (Å²) >= 11 is 0. The molecule has 0 spiro atoms. The normalized spacial score (nSPS) is 11.9. The van der Waals surface area contributed by atoms with Gasteiger partial charge in [-0.15, -0.1) is 0 Å². The molecule has 4 rings (SSSR count). The fourth-order valence-electron chi connectivity index (χ4n) is 3.19. The molecule has 1 atom stereocenters. The molecule has 0 amide bonds. The number of aromatic nitrogens is 4. The molecule has 0 bridgehead atoms. The van der Waals surface area contributed by atoms with Gasteiger partial charge in [-0.2, -0.15) is 4.39 Å². The fourth-order valence-corrected chi connectivity index (χ4v) is 3.19. The monoisotopic (exact) mass is 422 g/mol. The Morgan fingerprint density at radius 1 is 0.968 bits per heavy atom. The zero-order chi connectivity index (χ0) is 22.0. The van der Waals surface area contributed by atoms with Gasteiger partial charge in [-0.3, -0.25) is 4.98 Å². The molecule has 0 saturated carbocycles. The number of pyridine rings is 2. The Morgan fingerprint density at radius 3 is 2.52 bits per heavy atom. The number of nitrogens with one attached hydrogen (secondary N) is 1. The molecule has 31 heavy (non-hydrogen) atoms. The standard InChI is InChI=1S/C23H20F2N4O2/c1-13-8-18(24)22(27-10-13)14(2)31-16-5-6-17(20(9-16)30-3)19-12-28-23(29-19)15-4-7-21(25)26-11-15/h4-12,14H,1-3H3,(H,28,29). The van der Waals surface area contributed by atoms with Gasteiger partial charge in [-0.1, -0.05) is 0 Å². The Hall–Kier alpha value is -3.81. The van der Waals surface area contributed by atoms with E-state index in [-0.39, 0.29) is 5.69 Å². The van der Waals surface area contributed by atoms with Crippen LogP contribution in [0.25, 0.3) is 22.6 Å². The molecule has 0 radical (unpaired) electrons. The van der Waals surface area contributed by atoms with Crippen molar-refractivity contribution < 1.29 is 18.3 Å². The van der Waals surface area contributed by atoms with Crippen molar-refractivity contribution in [3.8, 4) is 34.1 Å². The van der Waals surface area contributed by atoms with Crippen LogP contribution in [0.1, 0.15) is 24.3 Å². The first kappa shape index (κ1) is 20.5. The number of benzene rings is 1. The van der Waals surface area contributed by atoms with E-state index in [0.29, 0.717) is 28.6 Å². The fraction of sp³-hybridized carbons (Fsp3) is 0.174. The highest BCUT2D eigenvalue weighted by Gasteiger charge is 2.17. The smallest absolute Gasteiger partial charge is 0.212 e. The van der Waals surface area contributed by atoms with Crippen molar-refractivity contribution in [2.45, 2.75) is 20.0 Å². The van der Waals surface area contributed by atoms with E-state index >= 15 is 0 Å². The van der Waals surface area contributed by atoms with Crippen LogP contribution >= 0.6 is 0 Å². The predicted molar refractivity (Wildman–Crippen MR) is 112 cm³/mol. The van der Waals surface area contributed by atoms with Crippen molar-refractivity contribution in [1.82, 2.24) is 19.9 Å². The maximum Gasteiger partial charge on any atom is 0.212 e. The first-order valence-corrected chi connectivity index (χ1v) is 9.58. The lowest BCUT2D eigenvalue weighted by Gasteiger charge is -2.16. The minimum absolute atomic E-state index is 0.236. The van der Waals surface area contributed by atoms with Crippen LogP contribution in [-0.2, 0) is 0 Å². The van der Waals surface area contributed by atoms with E-state index in [4.69, 9.17) is 9.47 Å². The van der Waals surface area contributed by atoms with E-state index < -0.39 is 17.9 Å². The Labute approximate surface area is 177 Å². The number of hydrogen-bond donors (Lipinski definition) is 1. The second-order valence-corrected chi connectivity index (χ2v) is 7.02. The summed E-state index contributed by atoms with van der Waals surface area (Å²) in [6.45, 7) is 3.52. The van der Waals surface area contributed by atoms with Crippen molar-refractivity contribution in [1.29, 1.82) is 0 Å². The summed E-state index contributed by atoms with van der Waals surface area (Å²) in [6.07, 6.45) is 4.09. The Morgan fingerprint density at radius 2 is 1.81 bits per heavy atom. The third kappa shape index (κ3) is 4.37. The van der Waals surface area contributed by atoms with E-state index in [1.54, 1.807) is 51.6 Å². The van der Waals surface area contributed by atoms with Crippen LogP contribution in [0.3, 0.4) is 0 Å². The molecule has 0 aliphatic heterocycles. The van der Waals surface area contributed by atoms with Gasteiger partial charge in [-0.05, 0) is 49.7 Å². The number of ether oxygens (including phenoxy) is 2. The maximum absolute atomic E-state index is 14.2. The summed E-state index contributed by atoms with van der Waals surface area (Å²) in [7, 11) is 1.55. The molecule has 1 unspecified atom stereocenters. The second kappa shape index (κ2) is 8.51. The van der Waals surface area contributed by atoms with Crippen molar-refractivity contribution in [2.75, 3.05) is 7.11 Å². The highest BCUT2D eigenvalue weighted by molar-refractivity contribution is 5.70. The molecule has 1 N–H and O–H groups in total. The number of imidazole rings is 1. The van der Waals surface area contributed by atoms with E-state index in [1.807, 2.05) is 6.07 Å². The molecule has 0 saturated heterocycles. The molecule has 158 valence electrons. The summed E-state index contributed by atoms with van der Waals surface area (Å²) in [5.41, 5.74) is 3.11. The number of hydrogen-bond acceptors (Lipinski definition) is 5. The molecular weight excluding hydrogens is 402 g/mol. The molecule has 3 aromatic heterocycles. The number of aromatic amines is 1. The Bertz CT molecular complexity index is 1210. The summed E-state index contributed by atoms with van der Waals surface area (Å²) in [4.78, 5) is 15.3. The molecule has 0 aliphatic rings. The lowest BCUT2D eigenvalue weighted by Crippen LogP contribution is -2.08. The summed E-state index contributed by atoms with van der Waals surface area (Å²) in [5.74, 6) is 0.658. The third-order valence-corrected chi connectivity index (χ3v) is 4.74. The topological polar surface area (TPSA) is 72.9 Å². The zero-order valence-corrected chi connectivity index (χ0v) is 17.2. The number of aryl methyl sites for hydroxylation is 1. The van der Waals surface area contributed by atoms with Crippen LogP contribution in [0.15, 0.2) is 55.0 Å². The molecular formula is C23H20F2N4O2. The third-order valence-electron chi connectivity index (χ3n) is 4.74. The summed E-state index contributed by atoms with van der Waals surface area (Å²) in [6, 6.07) is 9.60. The lowest BCUT2D eigenvalue weighted by atomic mass is 10.1. The summed E-state index contributed by atoms with van der Waals surface area (Å²) < 4.78 is 38.7. The van der Waals surface area contributed by atoms with Gasteiger partial charge < -0.3 is 14.5 Å². The molecule has 3 heterocycles. The van der Waals surface area contributed by atoms with Crippen LogP contribution < -0.4 is 9.47 Å². The molecule has 8 heteroatoms. The van der Waals surface area contributed by atoms with Gasteiger partial charge in [0, 0.05) is 29.6 Å². The molecule has 1 aromatic carbocycles. The molecule has 4 aromatic rings. The van der Waals surface area contributed by atoms with Crippen molar-refractivity contribution in [3.63, 3.8) is 0 Å². The first-order chi connectivity index (χ1) is 14.9. The average molecular weight is 422 g/mol. The number of H-pyrrole nitrogens is 1. The van der Waals surface area contributed by atoms with E-state index in [1.165, 1.54) is 18.3 Å². The maximum atomic E-state index is 14.2. The quantitative estimate of drug-likeness (QED) is 0.429. The van der Waals surface area contributed by atoms with Crippen molar-refractivity contribution in [2.24, 2.45) is 0 Å². The van der Waals surface area contributed by atoms with Crippen molar-refractivity contribution >= 4 is 0 Å². The van der Waals surface area contributed by atoms with E-state index in [0.717, 1.165) is 11.1 Å². The van der Waals surface area contributed by atoms with Gasteiger partial charge in [0.2, 0.25) is 5.95 Å². The SMILES string of the molecule is COc1cc(OC(C)c2ncc(C)cc2F)ccc1-c1cnc(-c2ccc(F)nc2)[nH]1. The van der Waals surface area contributed by atoms with Crippen molar-refractivity contribution in [3.05, 3.63) is 78.0 Å². The lowest BCUT2D eigenvalue weighted by molar-refractivity contribution is 0.215. The minimum Gasteiger partial charge on any atom is -0.496 e. The van der Waals surface area contributed by atoms with E-state index in [9.17, 15) is 8.78 Å². The first-order valence-electron chi connectivity index (χ1n) is 9.58. The van der Waals surface area contributed by atoms with Crippen LogP contribution in [0.5, 0.6) is 11.5 Å². The number of methoxy groups -OCH3 is 1. The van der Waals surface area contributed by atoms with Crippen LogP contribution in [0.4, 0.5) is 8.78 Å². The Kier molecular flexibility index (Phi) is 5.62. The number of rotatable bonds is 6. The van der Waals surface area contributed by atoms with E-state index in [2.05, 4.69) is 19.9 Å². The van der Waals surface area contributed by atoms with Gasteiger partial charge in [0.25, 0.3) is 0 Å². The largest absolute Gasteiger partial charge is 0.496 e. The van der Waals surface area contributed by atoms with Gasteiger partial charge in [0.05, 0.1) is 19.0 Å². The highest BCUT2D eigenvalue weighted by Crippen LogP contribution is 2.34. The van der Waals surface area contributed by atoms with Crippen LogP contribution in [0, 0.1) is 18.7 Å². The molecule has 0 aliphatic carbocycles. The van der Waals surface area contributed by atoms with Gasteiger partial charge in [0.1, 0.15) is 34.9 Å². The zero-order valence-electron chi connectivity index (χ0n) is 17.2. The molecule has 0 fully saturated rings. The summed E-state index contributed by atoms with van der Waals surface area (Å²) in [5, 5.41) is 0. The Balaban J connectivity index is 1.58. The minimum atomic E-state index is -0.583. The van der Waals surface area contributed by atoms with Gasteiger partial charge in [0.15, 0.2) is 0 Å². The highest BCUT2D eigenvalue weighted by atomic mass is 19.1. The number of halogens is 2. The van der Waals surface area contributed by atoms with Crippen LogP contribution in [-0.4, -0.2) is 27.0 Å².